The van der Waals surface area contributed by atoms with Crippen LogP contribution in [0.15, 0.2) is 0 Å². The molecular formula is C12H21N3O3S. The number of carbonyl (C=O) groups is 1. The molecule has 0 saturated carbocycles. The Kier molecular flexibility index (Phi) is 6.72. The van der Waals surface area contributed by atoms with E-state index in [1.54, 1.807) is 7.11 Å². The number of nitrogens with zero attached hydrogens (tertiary/aromatic N) is 3. The fraction of sp³-hybridized carbons (Fsp3) is 0.750. The zero-order valence-corrected chi connectivity index (χ0v) is 12.4. The Labute approximate surface area is 117 Å². The van der Waals surface area contributed by atoms with Crippen LogP contribution in [-0.2, 0) is 16.1 Å². The second-order valence-electron chi connectivity index (χ2n) is 4.72. The Hall–Kier alpha value is -1.21. The maximum absolute atomic E-state index is 10.7. The van der Waals surface area contributed by atoms with Crippen molar-refractivity contribution in [3.8, 4) is 0 Å². The summed E-state index contributed by atoms with van der Waals surface area (Å²) in [7, 11) is 1.61. The SMILES string of the molecule is COCc1nnc(N(CCC(=O)O)CCC(C)C)s1. The first-order chi connectivity index (χ1) is 9.02. The van der Waals surface area contributed by atoms with Gasteiger partial charge in [-0.05, 0) is 12.3 Å². The van der Waals surface area contributed by atoms with Gasteiger partial charge in [-0.25, -0.2) is 0 Å². The lowest BCUT2D eigenvalue weighted by atomic mass is 10.1. The van der Waals surface area contributed by atoms with Gasteiger partial charge in [0.15, 0.2) is 0 Å². The average Bonchev–Trinajstić information content (AvgIpc) is 2.77. The number of methoxy groups -OCH3 is 1. The summed E-state index contributed by atoms with van der Waals surface area (Å²) in [6.07, 6.45) is 1.11. The Morgan fingerprint density at radius 1 is 1.42 bits per heavy atom. The van der Waals surface area contributed by atoms with Crippen LogP contribution in [0.4, 0.5) is 5.13 Å². The highest BCUT2D eigenvalue weighted by molar-refractivity contribution is 7.15. The van der Waals surface area contributed by atoms with Crippen molar-refractivity contribution in [1.82, 2.24) is 10.2 Å². The second kappa shape index (κ2) is 8.06. The van der Waals surface area contributed by atoms with Gasteiger partial charge in [0.25, 0.3) is 0 Å². The Balaban J connectivity index is 2.66. The van der Waals surface area contributed by atoms with E-state index >= 15 is 0 Å². The Morgan fingerprint density at radius 3 is 2.74 bits per heavy atom. The van der Waals surface area contributed by atoms with Gasteiger partial charge in [-0.15, -0.1) is 10.2 Å². The highest BCUT2D eigenvalue weighted by Crippen LogP contribution is 2.22. The van der Waals surface area contributed by atoms with E-state index in [1.807, 2.05) is 4.90 Å². The molecule has 6 nitrogen and oxygen atoms in total. The molecule has 1 rings (SSSR count). The molecule has 1 aromatic heterocycles. The van der Waals surface area contributed by atoms with Crippen molar-refractivity contribution >= 4 is 22.4 Å². The maximum Gasteiger partial charge on any atom is 0.305 e. The summed E-state index contributed by atoms with van der Waals surface area (Å²) in [6.45, 7) is 5.99. The smallest absolute Gasteiger partial charge is 0.305 e. The number of aromatic nitrogens is 2. The van der Waals surface area contributed by atoms with E-state index in [4.69, 9.17) is 9.84 Å². The normalized spacial score (nSPS) is 10.9. The molecule has 1 heterocycles. The predicted octanol–water partition coefficient (Wildman–Crippen LogP) is 2.01. The number of hydrogen-bond acceptors (Lipinski definition) is 6. The summed E-state index contributed by atoms with van der Waals surface area (Å²) in [5.74, 6) is -0.227. The van der Waals surface area contributed by atoms with Crippen molar-refractivity contribution in [3.05, 3.63) is 5.01 Å². The van der Waals surface area contributed by atoms with E-state index in [-0.39, 0.29) is 6.42 Å². The average molecular weight is 287 g/mol. The molecular weight excluding hydrogens is 266 g/mol. The summed E-state index contributed by atoms with van der Waals surface area (Å²) in [5, 5.41) is 18.5. The molecule has 0 aliphatic carbocycles. The van der Waals surface area contributed by atoms with Crippen molar-refractivity contribution in [3.63, 3.8) is 0 Å². The number of hydrogen-bond donors (Lipinski definition) is 1. The Morgan fingerprint density at radius 2 is 2.16 bits per heavy atom. The maximum atomic E-state index is 10.7. The van der Waals surface area contributed by atoms with Gasteiger partial charge in [0.1, 0.15) is 11.6 Å². The van der Waals surface area contributed by atoms with E-state index in [1.165, 1.54) is 11.3 Å². The molecule has 0 aromatic carbocycles. The molecule has 0 radical (unpaired) electrons. The van der Waals surface area contributed by atoms with E-state index in [0.29, 0.717) is 19.1 Å². The van der Waals surface area contributed by atoms with E-state index in [9.17, 15) is 4.79 Å². The van der Waals surface area contributed by atoms with Crippen molar-refractivity contribution in [2.75, 3.05) is 25.1 Å². The molecule has 0 fully saturated rings. The number of ether oxygens (including phenoxy) is 1. The number of anilines is 1. The second-order valence-corrected chi connectivity index (χ2v) is 5.77. The molecule has 0 atom stereocenters. The van der Waals surface area contributed by atoms with Gasteiger partial charge >= 0.3 is 5.97 Å². The number of carboxylic acids is 1. The van der Waals surface area contributed by atoms with Gasteiger partial charge in [-0.3, -0.25) is 4.79 Å². The van der Waals surface area contributed by atoms with Crippen LogP contribution >= 0.6 is 11.3 Å². The minimum atomic E-state index is -0.795. The van der Waals surface area contributed by atoms with Gasteiger partial charge in [-0.2, -0.15) is 0 Å². The molecule has 0 unspecified atom stereocenters. The van der Waals surface area contributed by atoms with E-state index in [2.05, 4.69) is 24.0 Å². The van der Waals surface area contributed by atoms with Crippen molar-refractivity contribution in [2.24, 2.45) is 5.92 Å². The summed E-state index contributed by atoms with van der Waals surface area (Å²) in [5.41, 5.74) is 0. The molecule has 0 saturated heterocycles. The zero-order chi connectivity index (χ0) is 14.3. The van der Waals surface area contributed by atoms with Crippen LogP contribution in [-0.4, -0.2) is 41.5 Å². The Bertz CT molecular complexity index is 395. The zero-order valence-electron chi connectivity index (χ0n) is 11.6. The largest absolute Gasteiger partial charge is 0.481 e. The van der Waals surface area contributed by atoms with Crippen LogP contribution in [0.2, 0.25) is 0 Å². The molecule has 108 valence electrons. The lowest BCUT2D eigenvalue weighted by molar-refractivity contribution is -0.136. The number of rotatable bonds is 9. The predicted molar refractivity (Wildman–Crippen MR) is 74.5 cm³/mol. The van der Waals surface area contributed by atoms with E-state index in [0.717, 1.165) is 23.1 Å². The van der Waals surface area contributed by atoms with Crippen molar-refractivity contribution in [2.45, 2.75) is 33.3 Å². The first-order valence-electron chi connectivity index (χ1n) is 6.31. The molecule has 7 heteroatoms. The van der Waals surface area contributed by atoms with Crippen LogP contribution < -0.4 is 4.90 Å². The highest BCUT2D eigenvalue weighted by atomic mass is 32.1. The molecule has 0 aliphatic heterocycles. The monoisotopic (exact) mass is 287 g/mol. The van der Waals surface area contributed by atoms with E-state index < -0.39 is 5.97 Å². The molecule has 0 amide bonds. The van der Waals surface area contributed by atoms with Gasteiger partial charge in [0, 0.05) is 20.2 Å². The quantitative estimate of drug-likeness (QED) is 0.749. The fourth-order valence-corrected chi connectivity index (χ4v) is 2.36. The fourth-order valence-electron chi connectivity index (χ4n) is 1.50. The molecule has 0 aliphatic rings. The standard InChI is InChI=1S/C12H21N3O3S/c1-9(2)4-6-15(7-5-11(16)17)12-14-13-10(19-12)8-18-3/h9H,4-8H2,1-3H3,(H,16,17). The molecule has 1 aromatic rings. The van der Waals surface area contributed by atoms with Gasteiger partial charge in [-0.1, -0.05) is 25.2 Å². The third-order valence-electron chi connectivity index (χ3n) is 2.57. The number of aliphatic carboxylic acids is 1. The lowest BCUT2D eigenvalue weighted by Crippen LogP contribution is -2.28. The van der Waals surface area contributed by atoms with Crippen LogP contribution in [0.25, 0.3) is 0 Å². The molecule has 0 bridgehead atoms. The lowest BCUT2D eigenvalue weighted by Gasteiger charge is -2.21. The van der Waals surface area contributed by atoms with Crippen LogP contribution in [0.1, 0.15) is 31.7 Å². The van der Waals surface area contributed by atoms with Crippen LogP contribution in [0, 0.1) is 5.92 Å². The minimum Gasteiger partial charge on any atom is -0.481 e. The first-order valence-corrected chi connectivity index (χ1v) is 7.12. The molecule has 19 heavy (non-hydrogen) atoms. The summed E-state index contributed by atoms with van der Waals surface area (Å²) >= 11 is 1.45. The topological polar surface area (TPSA) is 75.6 Å². The van der Waals surface area contributed by atoms with Crippen LogP contribution in [0.3, 0.4) is 0 Å². The van der Waals surface area contributed by atoms with Crippen LogP contribution in [0.5, 0.6) is 0 Å². The molecule has 1 N–H and O–H groups in total. The summed E-state index contributed by atoms with van der Waals surface area (Å²) in [4.78, 5) is 12.7. The van der Waals surface area contributed by atoms with Gasteiger partial charge in [0.2, 0.25) is 5.13 Å². The summed E-state index contributed by atoms with van der Waals surface area (Å²) in [6, 6.07) is 0. The van der Waals surface area contributed by atoms with Crippen molar-refractivity contribution < 1.29 is 14.6 Å². The minimum absolute atomic E-state index is 0.108. The third kappa shape index (κ3) is 5.98. The third-order valence-corrected chi connectivity index (χ3v) is 3.52. The number of carboxylic acid groups (broad SMARTS) is 1. The highest BCUT2D eigenvalue weighted by Gasteiger charge is 2.14. The first kappa shape index (κ1) is 15.8. The van der Waals surface area contributed by atoms with Gasteiger partial charge in [0.05, 0.1) is 6.42 Å². The summed E-state index contributed by atoms with van der Waals surface area (Å²) < 4.78 is 5.01. The van der Waals surface area contributed by atoms with Crippen molar-refractivity contribution in [1.29, 1.82) is 0 Å². The molecule has 0 spiro atoms. The van der Waals surface area contributed by atoms with Gasteiger partial charge < -0.3 is 14.7 Å².